The van der Waals surface area contributed by atoms with Crippen LogP contribution in [0.3, 0.4) is 0 Å². The average Bonchev–Trinajstić information content (AvgIpc) is 2.75. The van der Waals surface area contributed by atoms with E-state index in [1.54, 1.807) is 37.3 Å². The number of aliphatic carboxylic acids is 1. The van der Waals surface area contributed by atoms with Crippen molar-refractivity contribution < 1.29 is 14.7 Å². The van der Waals surface area contributed by atoms with E-state index in [0.29, 0.717) is 11.3 Å². The van der Waals surface area contributed by atoms with Crippen LogP contribution in [-0.4, -0.2) is 22.0 Å². The van der Waals surface area contributed by atoms with Gasteiger partial charge in [-0.15, -0.1) is 0 Å². The maximum absolute atomic E-state index is 12.2. The predicted molar refractivity (Wildman–Crippen MR) is 74.6 cm³/mol. The lowest BCUT2D eigenvalue weighted by Gasteiger charge is -2.14. The molecule has 104 valence electrons. The minimum Gasteiger partial charge on any atom is -0.479 e. The molecule has 5 nitrogen and oxygen atoms in total. The number of carbonyl (C=O) groups is 2. The highest BCUT2D eigenvalue weighted by atomic mass is 16.4. The predicted octanol–water partition coefficient (Wildman–Crippen LogP) is 2.19. The Kier molecular flexibility index (Phi) is 3.89. The third-order valence-corrected chi connectivity index (χ3v) is 3.03. The lowest BCUT2D eigenvalue weighted by molar-refractivity contribution is -0.139. The third kappa shape index (κ3) is 2.88. The van der Waals surface area contributed by atoms with Gasteiger partial charge in [0.05, 0.1) is 0 Å². The summed E-state index contributed by atoms with van der Waals surface area (Å²) in [5.41, 5.74) is 2.58. The van der Waals surface area contributed by atoms with Crippen molar-refractivity contribution in [2.24, 2.45) is 0 Å². The normalized spacial score (nSPS) is 11.9. The molecule has 0 saturated carbocycles. The van der Waals surface area contributed by atoms with Gasteiger partial charge in [0.15, 0.2) is 6.04 Å². The van der Waals surface area contributed by atoms with Crippen molar-refractivity contribution in [3.63, 3.8) is 0 Å². The second kappa shape index (κ2) is 5.61. The van der Waals surface area contributed by atoms with Crippen LogP contribution in [0, 0.1) is 13.8 Å². The topological polar surface area (TPSA) is 82.2 Å². The molecule has 0 aliphatic heterocycles. The number of aromatic nitrogens is 1. The molecule has 0 saturated heterocycles. The lowest BCUT2D eigenvalue weighted by Crippen LogP contribution is -2.34. The van der Waals surface area contributed by atoms with Crippen LogP contribution in [0.1, 0.15) is 33.4 Å². The lowest BCUT2D eigenvalue weighted by atomic mass is 10.1. The van der Waals surface area contributed by atoms with Gasteiger partial charge in [0.1, 0.15) is 5.69 Å². The molecule has 1 atom stereocenters. The number of hydrogen-bond acceptors (Lipinski definition) is 2. The van der Waals surface area contributed by atoms with Crippen LogP contribution in [0.25, 0.3) is 0 Å². The van der Waals surface area contributed by atoms with Gasteiger partial charge in [-0.25, -0.2) is 4.79 Å². The highest BCUT2D eigenvalue weighted by Crippen LogP contribution is 2.15. The number of carboxylic acids is 1. The Bertz CT molecular complexity index is 632. The van der Waals surface area contributed by atoms with Crippen LogP contribution >= 0.6 is 0 Å². The summed E-state index contributed by atoms with van der Waals surface area (Å²) in [5, 5.41) is 11.8. The monoisotopic (exact) mass is 272 g/mol. The molecule has 2 rings (SSSR count). The Balaban J connectivity index is 2.23. The van der Waals surface area contributed by atoms with Crippen LogP contribution in [-0.2, 0) is 4.79 Å². The zero-order valence-corrected chi connectivity index (χ0v) is 11.3. The molecule has 1 aromatic carbocycles. The van der Waals surface area contributed by atoms with E-state index in [1.165, 1.54) is 0 Å². The Morgan fingerprint density at radius 3 is 2.35 bits per heavy atom. The summed E-state index contributed by atoms with van der Waals surface area (Å²) in [6, 6.07) is 9.39. The van der Waals surface area contributed by atoms with Gasteiger partial charge >= 0.3 is 5.97 Å². The molecule has 3 N–H and O–H groups in total. The molecule has 0 aliphatic carbocycles. The maximum atomic E-state index is 12.2. The molecule has 5 heteroatoms. The van der Waals surface area contributed by atoms with E-state index in [0.717, 1.165) is 11.3 Å². The minimum atomic E-state index is -1.09. The first-order chi connectivity index (χ1) is 9.49. The van der Waals surface area contributed by atoms with E-state index in [2.05, 4.69) is 10.3 Å². The second-order valence-electron chi connectivity index (χ2n) is 4.67. The van der Waals surface area contributed by atoms with Crippen molar-refractivity contribution in [3.05, 3.63) is 58.9 Å². The van der Waals surface area contributed by atoms with Crippen LogP contribution in [0.4, 0.5) is 0 Å². The van der Waals surface area contributed by atoms with Crippen LogP contribution in [0.15, 0.2) is 36.4 Å². The third-order valence-electron chi connectivity index (χ3n) is 3.03. The number of H-pyrrole nitrogens is 1. The summed E-state index contributed by atoms with van der Waals surface area (Å²) in [6.45, 7) is 3.65. The van der Waals surface area contributed by atoms with E-state index in [4.69, 9.17) is 0 Å². The number of aromatic amines is 1. The molecule has 0 bridgehead atoms. The fourth-order valence-electron chi connectivity index (χ4n) is 2.10. The molecule has 0 unspecified atom stereocenters. The van der Waals surface area contributed by atoms with Crippen LogP contribution in [0.5, 0.6) is 0 Å². The van der Waals surface area contributed by atoms with Gasteiger partial charge in [-0.05, 0) is 31.0 Å². The number of aryl methyl sites for hydroxylation is 2. The first-order valence-electron chi connectivity index (χ1n) is 6.24. The van der Waals surface area contributed by atoms with Gasteiger partial charge in [-0.2, -0.15) is 0 Å². The van der Waals surface area contributed by atoms with E-state index in [1.807, 2.05) is 13.0 Å². The van der Waals surface area contributed by atoms with E-state index in [-0.39, 0.29) is 0 Å². The van der Waals surface area contributed by atoms with Gasteiger partial charge < -0.3 is 15.4 Å². The SMILES string of the molecule is Cc1cc(C)c(C(=O)N[C@@H](C(=O)O)c2ccccc2)[nH]1. The summed E-state index contributed by atoms with van der Waals surface area (Å²) in [7, 11) is 0. The Labute approximate surface area is 116 Å². The summed E-state index contributed by atoms with van der Waals surface area (Å²) < 4.78 is 0. The molecule has 1 aromatic heterocycles. The van der Waals surface area contributed by atoms with Gasteiger partial charge in [0.2, 0.25) is 0 Å². The summed E-state index contributed by atoms with van der Waals surface area (Å²) in [6.07, 6.45) is 0. The van der Waals surface area contributed by atoms with Crippen molar-refractivity contribution in [3.8, 4) is 0 Å². The van der Waals surface area contributed by atoms with E-state index in [9.17, 15) is 14.7 Å². The number of carbonyl (C=O) groups excluding carboxylic acids is 1. The first-order valence-corrected chi connectivity index (χ1v) is 6.24. The van der Waals surface area contributed by atoms with Gasteiger partial charge in [-0.1, -0.05) is 30.3 Å². The smallest absolute Gasteiger partial charge is 0.330 e. The molecule has 0 radical (unpaired) electrons. The molecule has 2 aromatic rings. The van der Waals surface area contributed by atoms with E-state index < -0.39 is 17.9 Å². The fourth-order valence-corrected chi connectivity index (χ4v) is 2.10. The molecule has 1 heterocycles. The van der Waals surface area contributed by atoms with Gasteiger partial charge in [0.25, 0.3) is 5.91 Å². The number of carboxylic acid groups (broad SMARTS) is 1. The van der Waals surface area contributed by atoms with Gasteiger partial charge in [-0.3, -0.25) is 4.79 Å². The number of hydrogen-bond donors (Lipinski definition) is 3. The highest BCUT2D eigenvalue weighted by Gasteiger charge is 2.23. The molecule has 0 spiro atoms. The van der Waals surface area contributed by atoms with Crippen molar-refractivity contribution >= 4 is 11.9 Å². The summed E-state index contributed by atoms with van der Waals surface area (Å²) in [4.78, 5) is 26.4. The summed E-state index contributed by atoms with van der Waals surface area (Å²) in [5.74, 6) is -1.52. The molecule has 0 aliphatic rings. The number of amides is 1. The maximum Gasteiger partial charge on any atom is 0.330 e. The quantitative estimate of drug-likeness (QED) is 0.797. The van der Waals surface area contributed by atoms with Crippen molar-refractivity contribution in [2.45, 2.75) is 19.9 Å². The second-order valence-corrected chi connectivity index (χ2v) is 4.67. The van der Waals surface area contributed by atoms with Crippen molar-refractivity contribution in [2.75, 3.05) is 0 Å². The Morgan fingerprint density at radius 2 is 1.85 bits per heavy atom. The Hall–Kier alpha value is -2.56. The van der Waals surface area contributed by atoms with Crippen molar-refractivity contribution in [1.29, 1.82) is 0 Å². The standard InChI is InChI=1S/C15H16N2O3/c1-9-8-10(2)16-12(9)14(18)17-13(15(19)20)11-6-4-3-5-7-11/h3-8,13,16H,1-2H3,(H,17,18)(H,19,20)/t13-/m1/s1. The molecular formula is C15H16N2O3. The zero-order chi connectivity index (χ0) is 14.7. The number of rotatable bonds is 4. The number of benzene rings is 1. The molecule has 0 fully saturated rings. The Morgan fingerprint density at radius 1 is 1.20 bits per heavy atom. The largest absolute Gasteiger partial charge is 0.479 e. The number of nitrogens with one attached hydrogen (secondary N) is 2. The molecule has 1 amide bonds. The van der Waals surface area contributed by atoms with E-state index >= 15 is 0 Å². The zero-order valence-electron chi connectivity index (χ0n) is 11.3. The van der Waals surface area contributed by atoms with Gasteiger partial charge in [0, 0.05) is 5.69 Å². The average molecular weight is 272 g/mol. The first kappa shape index (κ1) is 13.9. The molecule has 20 heavy (non-hydrogen) atoms. The fraction of sp³-hybridized carbons (Fsp3) is 0.200. The van der Waals surface area contributed by atoms with Crippen LogP contribution < -0.4 is 5.32 Å². The minimum absolute atomic E-state index is 0.393. The van der Waals surface area contributed by atoms with Crippen LogP contribution in [0.2, 0.25) is 0 Å². The summed E-state index contributed by atoms with van der Waals surface area (Å²) >= 11 is 0. The molecular weight excluding hydrogens is 256 g/mol. The highest BCUT2D eigenvalue weighted by molar-refractivity contribution is 5.96. The van der Waals surface area contributed by atoms with Crippen molar-refractivity contribution in [1.82, 2.24) is 10.3 Å².